The molecule has 0 unspecified atom stereocenters. The first kappa shape index (κ1) is 19.4. The van der Waals surface area contributed by atoms with Crippen molar-refractivity contribution in [3.8, 4) is 0 Å². The summed E-state index contributed by atoms with van der Waals surface area (Å²) in [5, 5.41) is 1.58. The van der Waals surface area contributed by atoms with Gasteiger partial charge in [-0.2, -0.15) is 5.06 Å². The number of benzene rings is 1. The molecule has 7 nitrogen and oxygen atoms in total. The Morgan fingerprint density at radius 2 is 1.96 bits per heavy atom. The van der Waals surface area contributed by atoms with Gasteiger partial charge in [0.25, 0.3) is 0 Å². The SMILES string of the molecule is CCO[C@@H]1C[C@@](CCC(=O)OC)(C(=O)OC)N(Cc2ccccc2)O1. The van der Waals surface area contributed by atoms with E-state index in [-0.39, 0.29) is 25.2 Å². The molecule has 1 saturated heterocycles. The first-order valence-electron chi connectivity index (χ1n) is 8.31. The Balaban J connectivity index is 2.28. The molecule has 1 aliphatic rings. The Kier molecular flexibility index (Phi) is 6.92. The van der Waals surface area contributed by atoms with Gasteiger partial charge in [0.05, 0.1) is 20.8 Å². The van der Waals surface area contributed by atoms with Crippen LogP contribution in [0.2, 0.25) is 0 Å². The summed E-state index contributed by atoms with van der Waals surface area (Å²) in [6.07, 6.45) is 0.0320. The van der Waals surface area contributed by atoms with Crippen LogP contribution < -0.4 is 0 Å². The van der Waals surface area contributed by atoms with E-state index in [4.69, 9.17) is 19.0 Å². The lowest BCUT2D eigenvalue weighted by Gasteiger charge is -2.33. The molecule has 7 heteroatoms. The Bertz CT molecular complexity index is 578. The zero-order chi connectivity index (χ0) is 18.3. The first-order valence-corrected chi connectivity index (χ1v) is 8.31. The minimum atomic E-state index is -1.10. The number of nitrogens with zero attached hydrogens (tertiary/aromatic N) is 1. The molecular formula is C18H25NO6. The molecule has 1 fully saturated rings. The van der Waals surface area contributed by atoms with Crippen LogP contribution in [0.5, 0.6) is 0 Å². The van der Waals surface area contributed by atoms with Gasteiger partial charge in [-0.3, -0.25) is 9.63 Å². The molecule has 1 aromatic rings. The third-order valence-electron chi connectivity index (χ3n) is 4.28. The molecule has 0 N–H and O–H groups in total. The van der Waals surface area contributed by atoms with Gasteiger partial charge in [0, 0.05) is 19.4 Å². The Morgan fingerprint density at radius 3 is 2.56 bits per heavy atom. The van der Waals surface area contributed by atoms with Crippen molar-refractivity contribution >= 4 is 11.9 Å². The molecular weight excluding hydrogens is 326 g/mol. The lowest BCUT2D eigenvalue weighted by atomic mass is 9.89. The summed E-state index contributed by atoms with van der Waals surface area (Å²) >= 11 is 0. The number of carbonyl (C=O) groups is 2. The molecule has 1 aliphatic heterocycles. The molecule has 2 atom stereocenters. The third kappa shape index (κ3) is 4.56. The predicted molar refractivity (Wildman–Crippen MR) is 89.1 cm³/mol. The van der Waals surface area contributed by atoms with E-state index < -0.39 is 17.8 Å². The van der Waals surface area contributed by atoms with Crippen molar-refractivity contribution in [1.29, 1.82) is 0 Å². The van der Waals surface area contributed by atoms with E-state index in [0.717, 1.165) is 5.56 Å². The molecule has 0 bridgehead atoms. The maximum Gasteiger partial charge on any atom is 0.328 e. The normalized spacial score (nSPS) is 23.4. The van der Waals surface area contributed by atoms with E-state index in [9.17, 15) is 9.59 Å². The van der Waals surface area contributed by atoms with Crippen LogP contribution in [0.15, 0.2) is 30.3 Å². The fraction of sp³-hybridized carbons (Fsp3) is 0.556. The quantitative estimate of drug-likeness (QED) is 0.664. The van der Waals surface area contributed by atoms with Crippen molar-refractivity contribution in [1.82, 2.24) is 5.06 Å². The van der Waals surface area contributed by atoms with Crippen LogP contribution in [0.1, 0.15) is 31.7 Å². The van der Waals surface area contributed by atoms with E-state index >= 15 is 0 Å². The van der Waals surface area contributed by atoms with Crippen molar-refractivity contribution in [3.63, 3.8) is 0 Å². The standard InChI is InChI=1S/C18H25NO6/c1-4-24-16-12-18(17(21)23-3,11-10-15(20)22-2)19(25-16)13-14-8-6-5-7-9-14/h5-9,16H,4,10-13H2,1-3H3/t16-,18-/m0/s1. The lowest BCUT2D eigenvalue weighted by molar-refractivity contribution is -0.256. The van der Waals surface area contributed by atoms with Crippen molar-refractivity contribution in [2.45, 2.75) is 44.6 Å². The van der Waals surface area contributed by atoms with Gasteiger partial charge >= 0.3 is 11.9 Å². The molecule has 0 aromatic heterocycles. The van der Waals surface area contributed by atoms with Gasteiger partial charge in [0.15, 0.2) is 6.29 Å². The van der Waals surface area contributed by atoms with Crippen molar-refractivity contribution in [3.05, 3.63) is 35.9 Å². The summed E-state index contributed by atoms with van der Waals surface area (Å²) in [5.41, 5.74) is -0.121. The molecule has 25 heavy (non-hydrogen) atoms. The third-order valence-corrected chi connectivity index (χ3v) is 4.28. The molecule has 0 amide bonds. The monoisotopic (exact) mass is 351 g/mol. The largest absolute Gasteiger partial charge is 0.469 e. The number of hydrogen-bond donors (Lipinski definition) is 0. The first-order chi connectivity index (χ1) is 12.1. The Labute approximate surface area is 147 Å². The number of hydroxylamine groups is 2. The van der Waals surface area contributed by atoms with Gasteiger partial charge in [-0.1, -0.05) is 30.3 Å². The molecule has 138 valence electrons. The van der Waals surface area contributed by atoms with Crippen LogP contribution in [0, 0.1) is 0 Å². The molecule has 2 rings (SSSR count). The number of esters is 2. The second-order valence-electron chi connectivity index (χ2n) is 5.82. The number of hydrogen-bond acceptors (Lipinski definition) is 7. The minimum Gasteiger partial charge on any atom is -0.469 e. The molecule has 0 aliphatic carbocycles. The van der Waals surface area contributed by atoms with Gasteiger partial charge in [-0.05, 0) is 18.9 Å². The van der Waals surface area contributed by atoms with E-state index in [1.807, 2.05) is 37.3 Å². The number of carbonyl (C=O) groups excluding carboxylic acids is 2. The summed E-state index contributed by atoms with van der Waals surface area (Å²) in [7, 11) is 2.65. The zero-order valence-electron chi connectivity index (χ0n) is 14.9. The van der Waals surface area contributed by atoms with Crippen molar-refractivity contribution < 1.29 is 28.6 Å². The van der Waals surface area contributed by atoms with Crippen LogP contribution in [-0.2, 0) is 35.2 Å². The van der Waals surface area contributed by atoms with E-state index in [0.29, 0.717) is 13.2 Å². The summed E-state index contributed by atoms with van der Waals surface area (Å²) in [5.74, 6) is -0.836. The summed E-state index contributed by atoms with van der Waals surface area (Å²) in [6.45, 7) is 2.69. The highest BCUT2D eigenvalue weighted by molar-refractivity contribution is 5.82. The molecule has 0 radical (unpaired) electrons. The Hall–Kier alpha value is -1.96. The zero-order valence-corrected chi connectivity index (χ0v) is 14.9. The average molecular weight is 351 g/mol. The van der Waals surface area contributed by atoms with Crippen molar-refractivity contribution in [2.24, 2.45) is 0 Å². The molecule has 1 heterocycles. The van der Waals surface area contributed by atoms with Gasteiger partial charge in [0.1, 0.15) is 5.54 Å². The van der Waals surface area contributed by atoms with Crippen LogP contribution in [-0.4, -0.2) is 49.7 Å². The van der Waals surface area contributed by atoms with Crippen LogP contribution in [0.25, 0.3) is 0 Å². The second kappa shape index (κ2) is 8.94. The topological polar surface area (TPSA) is 74.3 Å². The summed E-state index contributed by atoms with van der Waals surface area (Å²) < 4.78 is 15.3. The number of methoxy groups -OCH3 is 2. The summed E-state index contributed by atoms with van der Waals surface area (Å²) in [4.78, 5) is 30.1. The van der Waals surface area contributed by atoms with E-state index in [1.165, 1.54) is 14.2 Å². The van der Waals surface area contributed by atoms with Crippen molar-refractivity contribution in [2.75, 3.05) is 20.8 Å². The maximum atomic E-state index is 12.6. The highest BCUT2D eigenvalue weighted by atomic mass is 16.8. The lowest BCUT2D eigenvalue weighted by Crippen LogP contribution is -2.50. The molecule has 0 saturated carbocycles. The van der Waals surface area contributed by atoms with Crippen LogP contribution in [0.4, 0.5) is 0 Å². The van der Waals surface area contributed by atoms with Gasteiger partial charge in [0.2, 0.25) is 0 Å². The summed E-state index contributed by atoms with van der Waals surface area (Å²) in [6, 6.07) is 9.64. The Morgan fingerprint density at radius 1 is 1.24 bits per heavy atom. The van der Waals surface area contributed by atoms with E-state index in [1.54, 1.807) is 5.06 Å². The highest BCUT2D eigenvalue weighted by Crippen LogP contribution is 2.38. The molecule has 0 spiro atoms. The van der Waals surface area contributed by atoms with Crippen LogP contribution in [0.3, 0.4) is 0 Å². The smallest absolute Gasteiger partial charge is 0.328 e. The fourth-order valence-electron chi connectivity index (χ4n) is 2.99. The second-order valence-corrected chi connectivity index (χ2v) is 5.82. The molecule has 1 aromatic carbocycles. The maximum absolute atomic E-state index is 12.6. The fourth-order valence-corrected chi connectivity index (χ4v) is 2.99. The number of rotatable bonds is 8. The van der Waals surface area contributed by atoms with Crippen LogP contribution >= 0.6 is 0 Å². The van der Waals surface area contributed by atoms with Gasteiger partial charge < -0.3 is 14.2 Å². The van der Waals surface area contributed by atoms with Gasteiger partial charge in [-0.15, -0.1) is 0 Å². The average Bonchev–Trinajstić information content (AvgIpc) is 2.98. The van der Waals surface area contributed by atoms with E-state index in [2.05, 4.69) is 0 Å². The van der Waals surface area contributed by atoms with Gasteiger partial charge in [-0.25, -0.2) is 4.79 Å². The minimum absolute atomic E-state index is 0.0824. The highest BCUT2D eigenvalue weighted by Gasteiger charge is 2.54. The predicted octanol–water partition coefficient (Wildman–Crippen LogP) is 2.05. The number of ether oxygens (including phenoxy) is 3.